The van der Waals surface area contributed by atoms with Gasteiger partial charge < -0.3 is 35.0 Å². The molecule has 5 aliphatic rings. The van der Waals surface area contributed by atoms with E-state index in [-0.39, 0.29) is 18.9 Å². The van der Waals surface area contributed by atoms with E-state index < -0.39 is 64.4 Å². The summed E-state index contributed by atoms with van der Waals surface area (Å²) in [4.78, 5) is 12.5. The number of fused-ring (bicyclic) bond motifs is 2. The Morgan fingerprint density at radius 2 is 1.89 bits per heavy atom. The third-order valence-electron chi connectivity index (χ3n) is 8.76. The van der Waals surface area contributed by atoms with Crippen molar-refractivity contribution < 1.29 is 39.8 Å². The molecule has 2 saturated heterocycles. The van der Waals surface area contributed by atoms with Gasteiger partial charge in [0.15, 0.2) is 6.10 Å². The zero-order valence-electron chi connectivity index (χ0n) is 15.8. The lowest BCUT2D eigenvalue weighted by atomic mass is 9.37. The van der Waals surface area contributed by atoms with E-state index in [1.165, 1.54) is 6.92 Å². The molecule has 5 rings (SSSR count). The maximum Gasteiger partial charge on any atom is 0.338 e. The Bertz CT molecular complexity index is 810. The predicted octanol–water partition coefficient (Wildman–Crippen LogP) is -1.36. The molecule has 0 unspecified atom stereocenters. The minimum atomic E-state index is -2.18. The fourth-order valence-corrected chi connectivity index (χ4v) is 7.29. The normalized spacial score (nSPS) is 62.2. The summed E-state index contributed by atoms with van der Waals surface area (Å²) in [5, 5.41) is 55.8. The lowest BCUT2D eigenvalue weighted by molar-refractivity contribution is -0.351. The highest BCUT2D eigenvalue weighted by atomic mass is 16.6. The number of esters is 1. The molecule has 0 aromatic heterocycles. The second-order valence-corrected chi connectivity index (χ2v) is 9.48. The molecule has 0 radical (unpaired) electrons. The van der Waals surface area contributed by atoms with Crippen molar-refractivity contribution in [1.82, 2.24) is 0 Å². The molecule has 8 heteroatoms. The summed E-state index contributed by atoms with van der Waals surface area (Å²) in [5.41, 5.74) is -5.64. The topological polar surface area (TPSA) is 137 Å². The molecule has 11 atom stereocenters. The molecule has 2 bridgehead atoms. The van der Waals surface area contributed by atoms with Gasteiger partial charge in [0.05, 0.1) is 24.2 Å². The number of ether oxygens (including phenoxy) is 2. The lowest BCUT2D eigenvalue weighted by Crippen LogP contribution is -2.86. The fourth-order valence-electron chi connectivity index (χ4n) is 7.29. The van der Waals surface area contributed by atoms with Gasteiger partial charge in [-0.25, -0.2) is 4.79 Å². The van der Waals surface area contributed by atoms with Crippen LogP contribution in [0.3, 0.4) is 0 Å². The van der Waals surface area contributed by atoms with Crippen LogP contribution in [0.25, 0.3) is 0 Å². The molecule has 0 aromatic rings. The molecule has 1 spiro atoms. The Balaban J connectivity index is 1.82. The predicted molar refractivity (Wildman–Crippen MR) is 93.6 cm³/mol. The van der Waals surface area contributed by atoms with Crippen LogP contribution >= 0.6 is 0 Å². The van der Waals surface area contributed by atoms with Crippen LogP contribution in [0.5, 0.6) is 0 Å². The van der Waals surface area contributed by atoms with Gasteiger partial charge in [-0.15, -0.1) is 0 Å². The molecular formula is C20H26O8. The van der Waals surface area contributed by atoms with Crippen LogP contribution < -0.4 is 0 Å². The second kappa shape index (κ2) is 5.06. The lowest BCUT2D eigenvalue weighted by Gasteiger charge is -2.70. The number of aliphatic hydroxyl groups is 5. The molecule has 154 valence electrons. The molecular weight excluding hydrogens is 368 g/mol. The Labute approximate surface area is 162 Å². The molecule has 28 heavy (non-hydrogen) atoms. The van der Waals surface area contributed by atoms with E-state index in [0.29, 0.717) is 5.57 Å². The van der Waals surface area contributed by atoms with Crippen LogP contribution in [0.1, 0.15) is 20.3 Å². The maximum absolute atomic E-state index is 12.5. The molecule has 2 heterocycles. The molecule has 5 N–H and O–H groups in total. The van der Waals surface area contributed by atoms with E-state index in [2.05, 4.69) is 6.58 Å². The summed E-state index contributed by atoms with van der Waals surface area (Å²) in [7, 11) is 0. The van der Waals surface area contributed by atoms with Crippen molar-refractivity contribution in [2.24, 2.45) is 22.7 Å². The van der Waals surface area contributed by atoms with Crippen LogP contribution in [0.15, 0.2) is 24.3 Å². The minimum Gasteiger partial charge on any atom is -0.460 e. The molecule has 0 amide bonds. The van der Waals surface area contributed by atoms with Gasteiger partial charge in [0.2, 0.25) is 0 Å². The van der Waals surface area contributed by atoms with Gasteiger partial charge >= 0.3 is 5.97 Å². The number of hydrogen-bond donors (Lipinski definition) is 5. The van der Waals surface area contributed by atoms with Crippen molar-refractivity contribution in [3.63, 3.8) is 0 Å². The molecule has 4 fully saturated rings. The monoisotopic (exact) mass is 394 g/mol. The van der Waals surface area contributed by atoms with Gasteiger partial charge in [0.25, 0.3) is 0 Å². The smallest absolute Gasteiger partial charge is 0.338 e. The highest BCUT2D eigenvalue weighted by molar-refractivity contribution is 5.79. The number of allylic oxidation sites excluding steroid dienone is 2. The number of hydrogen-bond acceptors (Lipinski definition) is 8. The first-order chi connectivity index (χ1) is 13.0. The standard InChI is InChI=1S/C20H26O8/c1-8-4-5-10(21)17(2)9(8)6-11-19-7-27-18(3,14(23)12(22)13(17)19)20(19,26)15(24)16(25)28-11/h4-5,9-15,21-24,26H,1,6-7H2,2-3H3/t9-,10+,11+,12+,13+,14-,15-,17+,18+,19+,20+/m0/s1. The Morgan fingerprint density at radius 1 is 1.21 bits per heavy atom. The summed E-state index contributed by atoms with van der Waals surface area (Å²) >= 11 is 0. The zero-order chi connectivity index (χ0) is 20.4. The molecule has 8 nitrogen and oxygen atoms in total. The Kier molecular flexibility index (Phi) is 3.38. The van der Waals surface area contributed by atoms with E-state index in [4.69, 9.17) is 9.47 Å². The molecule has 3 aliphatic carbocycles. The van der Waals surface area contributed by atoms with Gasteiger partial charge in [-0.05, 0) is 19.3 Å². The summed E-state index contributed by atoms with van der Waals surface area (Å²) in [6.45, 7) is 7.12. The average Bonchev–Trinajstić information content (AvgIpc) is 2.84. The Hall–Kier alpha value is -1.29. The third-order valence-corrected chi connectivity index (χ3v) is 8.76. The highest BCUT2D eigenvalue weighted by Crippen LogP contribution is 2.73. The van der Waals surface area contributed by atoms with E-state index >= 15 is 0 Å². The first kappa shape index (κ1) is 18.7. The SMILES string of the molecule is C=C1C=C[C@@H](O)[C@]2(C)[C@H]3[C@@H](O)[C@H](O)[C@@]4(C)OC[C@@]35[C@@H](C[C@@H]12)OC(=O)[C@H](O)[C@]54O. The quantitative estimate of drug-likeness (QED) is 0.318. The van der Waals surface area contributed by atoms with Crippen molar-refractivity contribution in [3.8, 4) is 0 Å². The summed E-state index contributed by atoms with van der Waals surface area (Å²) in [6.07, 6.45) is -3.20. The zero-order valence-corrected chi connectivity index (χ0v) is 15.8. The van der Waals surface area contributed by atoms with Crippen LogP contribution in [-0.2, 0) is 14.3 Å². The molecule has 2 saturated carbocycles. The second-order valence-electron chi connectivity index (χ2n) is 9.48. The van der Waals surface area contributed by atoms with Gasteiger partial charge in [-0.1, -0.05) is 31.2 Å². The van der Waals surface area contributed by atoms with Crippen LogP contribution in [0.2, 0.25) is 0 Å². The first-order valence-electron chi connectivity index (χ1n) is 9.64. The first-order valence-corrected chi connectivity index (χ1v) is 9.64. The largest absolute Gasteiger partial charge is 0.460 e. The summed E-state index contributed by atoms with van der Waals surface area (Å²) in [6, 6.07) is 0. The Morgan fingerprint density at radius 3 is 2.57 bits per heavy atom. The number of rotatable bonds is 0. The molecule has 0 aromatic carbocycles. The van der Waals surface area contributed by atoms with E-state index in [0.717, 1.165) is 0 Å². The summed E-state index contributed by atoms with van der Waals surface area (Å²) in [5.74, 6) is -2.26. The third kappa shape index (κ3) is 1.55. The van der Waals surface area contributed by atoms with Crippen LogP contribution in [-0.4, -0.2) is 79.8 Å². The number of carbonyl (C=O) groups is 1. The van der Waals surface area contributed by atoms with Gasteiger partial charge in [-0.2, -0.15) is 0 Å². The summed E-state index contributed by atoms with van der Waals surface area (Å²) < 4.78 is 11.4. The van der Waals surface area contributed by atoms with E-state index in [9.17, 15) is 30.3 Å². The number of aliphatic hydroxyl groups excluding tert-OH is 4. The average molecular weight is 394 g/mol. The van der Waals surface area contributed by atoms with E-state index in [1.807, 2.05) is 0 Å². The fraction of sp³-hybridized carbons (Fsp3) is 0.750. The maximum atomic E-state index is 12.5. The van der Waals surface area contributed by atoms with Gasteiger partial charge in [0, 0.05) is 11.3 Å². The van der Waals surface area contributed by atoms with Crippen LogP contribution in [0.4, 0.5) is 0 Å². The van der Waals surface area contributed by atoms with Gasteiger partial charge in [0.1, 0.15) is 23.4 Å². The van der Waals surface area contributed by atoms with Crippen molar-refractivity contribution in [2.75, 3.05) is 6.61 Å². The van der Waals surface area contributed by atoms with Crippen LogP contribution in [0, 0.1) is 22.7 Å². The van der Waals surface area contributed by atoms with E-state index in [1.54, 1.807) is 19.1 Å². The van der Waals surface area contributed by atoms with Crippen molar-refractivity contribution in [3.05, 3.63) is 24.3 Å². The highest BCUT2D eigenvalue weighted by Gasteiger charge is 2.88. The van der Waals surface area contributed by atoms with Crippen molar-refractivity contribution in [2.45, 2.75) is 62.0 Å². The minimum absolute atomic E-state index is 0.126. The molecule has 2 aliphatic heterocycles. The number of carbonyl (C=O) groups excluding carboxylic acids is 1. The van der Waals surface area contributed by atoms with Crippen molar-refractivity contribution >= 4 is 5.97 Å². The van der Waals surface area contributed by atoms with Gasteiger partial charge in [-0.3, -0.25) is 0 Å². The van der Waals surface area contributed by atoms with Crippen molar-refractivity contribution in [1.29, 1.82) is 0 Å².